The average molecular weight is 382 g/mol. The molecular weight excluding hydrogens is 362 g/mol. The molecule has 1 heterocycles. The maximum absolute atomic E-state index is 13.8. The van der Waals surface area contributed by atoms with Gasteiger partial charge >= 0.3 is 0 Å². The molecule has 28 heavy (non-hydrogen) atoms. The number of hydrogen-bond donors (Lipinski definition) is 2. The fraction of sp³-hybridized carbons (Fsp3) is 0.190. The van der Waals surface area contributed by atoms with Crippen LogP contribution in [0.2, 0.25) is 0 Å². The topological polar surface area (TPSA) is 66.9 Å². The smallest absolute Gasteiger partial charge is 0.274 e. The Kier molecular flexibility index (Phi) is 5.63. The van der Waals surface area contributed by atoms with Crippen molar-refractivity contribution in [2.45, 2.75) is 26.7 Å². The van der Waals surface area contributed by atoms with Crippen molar-refractivity contribution in [2.75, 3.05) is 10.6 Å². The van der Waals surface area contributed by atoms with Crippen molar-refractivity contribution in [1.82, 2.24) is 9.97 Å². The molecule has 2 aromatic carbocycles. The van der Waals surface area contributed by atoms with Crippen LogP contribution in [0.3, 0.4) is 0 Å². The lowest BCUT2D eigenvalue weighted by Gasteiger charge is -2.15. The molecule has 3 aromatic rings. The van der Waals surface area contributed by atoms with Crippen LogP contribution in [0.5, 0.6) is 0 Å². The van der Waals surface area contributed by atoms with Crippen LogP contribution in [0.1, 0.15) is 41.6 Å². The van der Waals surface area contributed by atoms with Gasteiger partial charge in [0.15, 0.2) is 0 Å². The van der Waals surface area contributed by atoms with E-state index in [2.05, 4.69) is 34.4 Å². The Morgan fingerprint density at radius 2 is 1.68 bits per heavy atom. The minimum absolute atomic E-state index is 0.000295. The Bertz CT molecular complexity index is 1000. The zero-order valence-electron chi connectivity index (χ0n) is 15.8. The van der Waals surface area contributed by atoms with Crippen molar-refractivity contribution in [3.63, 3.8) is 0 Å². The SMILES string of the molecule is Cc1nc(Nc2ccccc2C(C)C)cc(C(=O)Nc2c(F)cccc2F)n1. The number of halogens is 2. The van der Waals surface area contributed by atoms with E-state index in [4.69, 9.17) is 0 Å². The summed E-state index contributed by atoms with van der Waals surface area (Å²) in [6.45, 7) is 5.79. The molecule has 3 rings (SSSR count). The number of aromatic nitrogens is 2. The highest BCUT2D eigenvalue weighted by molar-refractivity contribution is 6.03. The van der Waals surface area contributed by atoms with E-state index in [1.165, 1.54) is 12.1 Å². The number of carbonyl (C=O) groups excluding carboxylic acids is 1. The highest BCUT2D eigenvalue weighted by atomic mass is 19.1. The molecule has 0 fully saturated rings. The largest absolute Gasteiger partial charge is 0.340 e. The van der Waals surface area contributed by atoms with Crippen LogP contribution >= 0.6 is 0 Å². The minimum atomic E-state index is -0.858. The minimum Gasteiger partial charge on any atom is -0.340 e. The van der Waals surface area contributed by atoms with Crippen molar-refractivity contribution in [3.05, 3.63) is 77.2 Å². The summed E-state index contributed by atoms with van der Waals surface area (Å²) in [6.07, 6.45) is 0. The summed E-state index contributed by atoms with van der Waals surface area (Å²) in [6, 6.07) is 12.6. The molecule has 5 nitrogen and oxygen atoms in total. The maximum atomic E-state index is 13.8. The Balaban J connectivity index is 1.89. The number of benzene rings is 2. The van der Waals surface area contributed by atoms with E-state index < -0.39 is 23.2 Å². The van der Waals surface area contributed by atoms with Gasteiger partial charge in [-0.3, -0.25) is 4.79 Å². The normalized spacial score (nSPS) is 10.8. The van der Waals surface area contributed by atoms with Crippen LogP contribution in [0.4, 0.5) is 26.0 Å². The lowest BCUT2D eigenvalue weighted by atomic mass is 10.0. The summed E-state index contributed by atoms with van der Waals surface area (Å²) >= 11 is 0. The average Bonchev–Trinajstić information content (AvgIpc) is 2.64. The van der Waals surface area contributed by atoms with E-state index in [0.717, 1.165) is 23.4 Å². The summed E-state index contributed by atoms with van der Waals surface area (Å²) in [5.41, 5.74) is 1.45. The number of amides is 1. The van der Waals surface area contributed by atoms with Gasteiger partial charge in [0.1, 0.15) is 34.7 Å². The summed E-state index contributed by atoms with van der Waals surface area (Å²) in [7, 11) is 0. The molecule has 2 N–H and O–H groups in total. The number of para-hydroxylation sites is 2. The molecule has 0 unspecified atom stereocenters. The number of anilines is 3. The fourth-order valence-electron chi connectivity index (χ4n) is 2.80. The van der Waals surface area contributed by atoms with Crippen molar-refractivity contribution >= 4 is 23.1 Å². The molecular formula is C21H20F2N4O. The van der Waals surface area contributed by atoms with Crippen molar-refractivity contribution in [3.8, 4) is 0 Å². The summed E-state index contributed by atoms with van der Waals surface area (Å²) in [4.78, 5) is 20.9. The van der Waals surface area contributed by atoms with Crippen molar-refractivity contribution < 1.29 is 13.6 Å². The van der Waals surface area contributed by atoms with E-state index in [0.29, 0.717) is 17.6 Å². The van der Waals surface area contributed by atoms with Gasteiger partial charge in [0.05, 0.1) is 0 Å². The summed E-state index contributed by atoms with van der Waals surface area (Å²) in [5.74, 6) is -1.38. The highest BCUT2D eigenvalue weighted by Crippen LogP contribution is 2.26. The second-order valence-electron chi connectivity index (χ2n) is 6.60. The van der Waals surface area contributed by atoms with Crippen LogP contribution in [-0.2, 0) is 0 Å². The molecule has 0 bridgehead atoms. The van der Waals surface area contributed by atoms with Crippen LogP contribution in [0.15, 0.2) is 48.5 Å². The molecule has 7 heteroatoms. The van der Waals surface area contributed by atoms with Gasteiger partial charge in [-0.15, -0.1) is 0 Å². The maximum Gasteiger partial charge on any atom is 0.274 e. The van der Waals surface area contributed by atoms with Gasteiger partial charge in [-0.25, -0.2) is 18.7 Å². The van der Waals surface area contributed by atoms with E-state index in [1.54, 1.807) is 6.92 Å². The van der Waals surface area contributed by atoms with Gasteiger partial charge in [0, 0.05) is 11.8 Å². The second-order valence-corrected chi connectivity index (χ2v) is 6.60. The molecule has 0 aliphatic rings. The predicted octanol–water partition coefficient (Wildman–Crippen LogP) is 5.18. The van der Waals surface area contributed by atoms with Gasteiger partial charge in [-0.1, -0.05) is 38.1 Å². The van der Waals surface area contributed by atoms with Gasteiger partial charge < -0.3 is 10.6 Å². The first-order valence-corrected chi connectivity index (χ1v) is 8.82. The highest BCUT2D eigenvalue weighted by Gasteiger charge is 2.16. The van der Waals surface area contributed by atoms with Gasteiger partial charge in [0.2, 0.25) is 0 Å². The van der Waals surface area contributed by atoms with Crippen LogP contribution in [-0.4, -0.2) is 15.9 Å². The number of aryl methyl sites for hydroxylation is 1. The molecule has 0 radical (unpaired) electrons. The fourth-order valence-corrected chi connectivity index (χ4v) is 2.80. The van der Waals surface area contributed by atoms with E-state index >= 15 is 0 Å². The predicted molar refractivity (Wildman–Crippen MR) is 105 cm³/mol. The van der Waals surface area contributed by atoms with Crippen molar-refractivity contribution in [1.29, 1.82) is 0 Å². The molecule has 0 aliphatic carbocycles. The Morgan fingerprint density at radius 1 is 1.00 bits per heavy atom. The van der Waals surface area contributed by atoms with Crippen LogP contribution < -0.4 is 10.6 Å². The summed E-state index contributed by atoms with van der Waals surface area (Å²) in [5, 5.41) is 5.43. The number of hydrogen-bond acceptors (Lipinski definition) is 4. The Labute approximate surface area is 161 Å². The third kappa shape index (κ3) is 4.31. The molecule has 144 valence electrons. The quantitative estimate of drug-likeness (QED) is 0.638. The third-order valence-corrected chi connectivity index (χ3v) is 4.12. The molecule has 0 aliphatic heterocycles. The molecule has 0 saturated heterocycles. The van der Waals surface area contributed by atoms with E-state index in [-0.39, 0.29) is 5.69 Å². The first-order valence-electron chi connectivity index (χ1n) is 8.82. The first kappa shape index (κ1) is 19.4. The molecule has 0 atom stereocenters. The second kappa shape index (κ2) is 8.12. The molecule has 1 aromatic heterocycles. The van der Waals surface area contributed by atoms with Gasteiger partial charge in [0.25, 0.3) is 5.91 Å². The number of rotatable bonds is 5. The van der Waals surface area contributed by atoms with Gasteiger partial charge in [-0.2, -0.15) is 0 Å². The lowest BCUT2D eigenvalue weighted by molar-refractivity contribution is 0.102. The Morgan fingerprint density at radius 3 is 2.36 bits per heavy atom. The van der Waals surface area contributed by atoms with Crippen molar-refractivity contribution in [2.24, 2.45) is 0 Å². The lowest BCUT2D eigenvalue weighted by Crippen LogP contribution is -2.17. The standard InChI is InChI=1S/C21H20F2N4O/c1-12(2)14-7-4-5-10-17(14)26-19-11-18(24-13(3)25-19)21(28)27-20-15(22)8-6-9-16(20)23/h4-12H,1-3H3,(H,27,28)(H,24,25,26). The number of nitrogens with zero attached hydrogens (tertiary/aromatic N) is 2. The molecule has 0 spiro atoms. The number of nitrogens with one attached hydrogen (secondary N) is 2. The van der Waals surface area contributed by atoms with Gasteiger partial charge in [-0.05, 0) is 36.6 Å². The van der Waals surface area contributed by atoms with E-state index in [1.807, 2.05) is 24.3 Å². The molecule has 0 saturated carbocycles. The van der Waals surface area contributed by atoms with Crippen LogP contribution in [0, 0.1) is 18.6 Å². The molecule has 1 amide bonds. The summed E-state index contributed by atoms with van der Waals surface area (Å²) < 4.78 is 27.6. The number of carbonyl (C=O) groups is 1. The Hall–Kier alpha value is -3.35. The monoisotopic (exact) mass is 382 g/mol. The third-order valence-electron chi connectivity index (χ3n) is 4.12. The zero-order chi connectivity index (χ0) is 20.3. The van der Waals surface area contributed by atoms with Crippen LogP contribution in [0.25, 0.3) is 0 Å². The van der Waals surface area contributed by atoms with E-state index in [9.17, 15) is 13.6 Å². The zero-order valence-corrected chi connectivity index (χ0v) is 15.8. The first-order chi connectivity index (χ1) is 13.3.